The van der Waals surface area contributed by atoms with Crippen molar-refractivity contribution in [2.45, 2.75) is 19.3 Å². The molecule has 0 bridgehead atoms. The van der Waals surface area contributed by atoms with Crippen LogP contribution in [0.25, 0.3) is 220 Å². The van der Waals surface area contributed by atoms with E-state index in [1.165, 1.54) is 136 Å². The summed E-state index contributed by atoms with van der Waals surface area (Å²) >= 11 is 0. The van der Waals surface area contributed by atoms with Crippen molar-refractivity contribution in [3.05, 3.63) is 387 Å². The quantitative estimate of drug-likeness (QED) is 0.159. The molecular weight excluding hydrogens is 1400 g/mol. The first kappa shape index (κ1) is 64.7. The zero-order chi connectivity index (χ0) is 75.7. The summed E-state index contributed by atoms with van der Waals surface area (Å²) in [6, 6.07) is 136. The van der Waals surface area contributed by atoms with Crippen LogP contribution in [0, 0.1) is 0 Å². The van der Waals surface area contributed by atoms with Crippen LogP contribution in [0.3, 0.4) is 0 Å². The molecule has 115 heavy (non-hydrogen) atoms. The topological polar surface area (TPSA) is 71.3 Å². The van der Waals surface area contributed by atoms with Crippen LogP contribution in [0.15, 0.2) is 376 Å². The van der Waals surface area contributed by atoms with Crippen molar-refractivity contribution in [2.24, 2.45) is 0 Å². The number of fused-ring (bicyclic) bond motifs is 25. The third kappa shape index (κ3) is 9.73. The van der Waals surface area contributed by atoms with Crippen LogP contribution in [0.2, 0.25) is 0 Å². The van der Waals surface area contributed by atoms with Gasteiger partial charge in [-0.3, -0.25) is 9.13 Å². The molecule has 536 valence electrons. The van der Waals surface area contributed by atoms with Crippen LogP contribution in [0.1, 0.15) is 25.0 Å². The average Bonchev–Trinajstić information content (AvgIpc) is 1.58. The summed E-state index contributed by atoms with van der Waals surface area (Å²) in [5, 5.41) is 21.7. The van der Waals surface area contributed by atoms with Gasteiger partial charge in [-0.05, 0) is 174 Å². The Hall–Kier alpha value is -15.1. The molecule has 0 aliphatic heterocycles. The van der Waals surface area contributed by atoms with E-state index in [1.54, 1.807) is 0 Å². The summed E-state index contributed by atoms with van der Waals surface area (Å²) < 4.78 is 9.38. The van der Waals surface area contributed by atoms with Gasteiger partial charge in [-0.15, -0.1) is 0 Å². The Labute approximate surface area is 660 Å². The van der Waals surface area contributed by atoms with Gasteiger partial charge < -0.3 is 9.13 Å². The fourth-order valence-electron chi connectivity index (χ4n) is 19.4. The van der Waals surface area contributed by atoms with E-state index in [-0.39, 0.29) is 5.41 Å². The minimum atomic E-state index is -0.118. The van der Waals surface area contributed by atoms with Crippen LogP contribution >= 0.6 is 0 Å². The van der Waals surface area contributed by atoms with Crippen LogP contribution in [0.4, 0.5) is 0 Å². The van der Waals surface area contributed by atoms with E-state index < -0.39 is 0 Å². The lowest BCUT2D eigenvalue weighted by molar-refractivity contribution is 0.660. The highest BCUT2D eigenvalue weighted by Crippen LogP contribution is 2.51. The molecular formula is C107H68N8. The van der Waals surface area contributed by atoms with E-state index in [9.17, 15) is 0 Å². The Kier molecular flexibility index (Phi) is 14.0. The van der Waals surface area contributed by atoms with E-state index in [1.807, 2.05) is 0 Å². The lowest BCUT2D eigenvalue weighted by Crippen LogP contribution is -2.15. The number of rotatable bonds is 7. The van der Waals surface area contributed by atoms with Gasteiger partial charge in [0.05, 0.1) is 66.6 Å². The Morgan fingerprint density at radius 3 is 1.07 bits per heavy atom. The molecule has 0 radical (unpaired) electrons. The second-order valence-corrected chi connectivity index (χ2v) is 31.2. The molecule has 6 aromatic heterocycles. The number of nitrogens with zero attached hydrogens (tertiary/aromatic N) is 8. The average molecular weight is 1470 g/mol. The molecule has 0 saturated carbocycles. The molecule has 6 heterocycles. The van der Waals surface area contributed by atoms with Crippen LogP contribution in [-0.4, -0.2) is 38.2 Å². The smallest absolute Gasteiger partial charge is 0.235 e. The largest absolute Gasteiger partial charge is 0.309 e. The maximum Gasteiger partial charge on any atom is 0.235 e. The molecule has 8 heteroatoms. The first-order chi connectivity index (χ1) is 56.8. The summed E-state index contributed by atoms with van der Waals surface area (Å²) in [4.78, 5) is 21.5. The van der Waals surface area contributed by atoms with E-state index in [4.69, 9.17) is 19.9 Å². The first-order valence-corrected chi connectivity index (χ1v) is 39.5. The maximum atomic E-state index is 5.52. The normalized spacial score (nSPS) is 12.7. The Morgan fingerprint density at radius 1 is 0.209 bits per heavy atom. The fraction of sp³-hybridized carbons (Fsp3) is 0.0280. The number of benzene rings is 18. The molecule has 0 saturated heterocycles. The van der Waals surface area contributed by atoms with Crippen molar-refractivity contribution in [2.75, 3.05) is 0 Å². The van der Waals surface area contributed by atoms with Crippen molar-refractivity contribution in [3.63, 3.8) is 0 Å². The third-order valence-corrected chi connectivity index (χ3v) is 24.6. The Balaban J connectivity index is 0.000000133. The van der Waals surface area contributed by atoms with E-state index >= 15 is 0 Å². The lowest BCUT2D eigenvalue weighted by Gasteiger charge is -2.22. The third-order valence-electron chi connectivity index (χ3n) is 24.6. The summed E-state index contributed by atoms with van der Waals surface area (Å²) in [5.41, 5.74) is 24.7. The minimum Gasteiger partial charge on any atom is -0.309 e. The van der Waals surface area contributed by atoms with Gasteiger partial charge in [-0.2, -0.15) is 0 Å². The molecule has 1 aliphatic rings. The fourth-order valence-corrected chi connectivity index (χ4v) is 19.4. The standard InChI is InChI=1S/C55H36N4.C52H32N4/c1-55(2)44-19-9-5-15-38(44)39-28-24-35(31-45(39)55)53-40-16-6-10-20-46(40)56-54(57-53)59-48-22-12-8-18-42(48)52-43-32-36(27-23-34(43)26-30-50(52)59)58-47-21-11-7-17-41(47)51-37-14-4-3-13-33(37)25-29-49(51)58;1-2-13-33(14-3-1)36-16-12-17-37(31-36)51-40-19-6-9-22-44(40)53-52(54-51)56-46-24-11-8-21-42(46)50-43-32-38(28-25-35(43)27-30-48(50)56)55-45-23-10-7-20-41(45)49-39-18-5-4-15-34(39)26-29-47(49)55/h3-32H,1-2H3;1-32H. The van der Waals surface area contributed by atoms with Crippen molar-refractivity contribution >= 4 is 152 Å². The van der Waals surface area contributed by atoms with Gasteiger partial charge in [0, 0.05) is 81.8 Å². The Morgan fingerprint density at radius 2 is 0.565 bits per heavy atom. The number of aromatic nitrogens is 8. The molecule has 25 rings (SSSR count). The first-order valence-electron chi connectivity index (χ1n) is 39.5. The Bertz CT molecular complexity index is 8280. The van der Waals surface area contributed by atoms with Crippen molar-refractivity contribution < 1.29 is 0 Å². The molecule has 24 aromatic rings. The molecule has 0 spiro atoms. The van der Waals surface area contributed by atoms with E-state index in [2.05, 4.69) is 408 Å². The van der Waals surface area contributed by atoms with Gasteiger partial charge in [0.25, 0.3) is 0 Å². The lowest BCUT2D eigenvalue weighted by atomic mass is 9.82. The minimum absolute atomic E-state index is 0.118. The summed E-state index contributed by atoms with van der Waals surface area (Å²) in [7, 11) is 0. The van der Waals surface area contributed by atoms with Gasteiger partial charge >= 0.3 is 0 Å². The molecule has 0 unspecified atom stereocenters. The molecule has 0 fully saturated rings. The van der Waals surface area contributed by atoms with Gasteiger partial charge in [-0.1, -0.05) is 293 Å². The number of para-hydroxylation sites is 6. The highest BCUT2D eigenvalue weighted by Gasteiger charge is 2.36. The SMILES string of the molecule is CC1(C)c2ccccc2-c2ccc(-c3nc(-n4c5ccccc5c5c6cc(-n7c8ccccc8c8c9ccccc9ccc87)ccc6ccc54)nc4ccccc34)cc21.c1ccc(-c2cccc(-c3nc(-n4c5ccccc5c5c6cc(-n7c8ccccc8c8c9ccccc9ccc87)ccc6ccc54)nc4ccccc34)c2)cc1. The molecule has 0 atom stereocenters. The number of hydrogen-bond acceptors (Lipinski definition) is 4. The van der Waals surface area contributed by atoms with Gasteiger partial charge in [0.2, 0.25) is 11.9 Å². The maximum absolute atomic E-state index is 5.52. The van der Waals surface area contributed by atoms with E-state index in [0.29, 0.717) is 11.9 Å². The molecule has 18 aromatic carbocycles. The van der Waals surface area contributed by atoms with Gasteiger partial charge in [0.1, 0.15) is 0 Å². The molecule has 0 N–H and O–H groups in total. The molecule has 8 nitrogen and oxygen atoms in total. The summed E-state index contributed by atoms with van der Waals surface area (Å²) in [5.74, 6) is 1.32. The van der Waals surface area contributed by atoms with Crippen LogP contribution < -0.4 is 0 Å². The van der Waals surface area contributed by atoms with E-state index in [0.717, 1.165) is 83.3 Å². The highest BCUT2D eigenvalue weighted by atomic mass is 15.2. The second kappa shape index (κ2) is 24.9. The molecule has 0 amide bonds. The predicted octanol–water partition coefficient (Wildman–Crippen LogP) is 27.6. The van der Waals surface area contributed by atoms with Crippen LogP contribution in [-0.2, 0) is 5.41 Å². The van der Waals surface area contributed by atoms with Crippen molar-refractivity contribution in [1.29, 1.82) is 0 Å². The zero-order valence-electron chi connectivity index (χ0n) is 62.9. The zero-order valence-corrected chi connectivity index (χ0v) is 62.9. The van der Waals surface area contributed by atoms with Crippen molar-refractivity contribution in [3.8, 4) is 68.0 Å². The number of hydrogen-bond donors (Lipinski definition) is 0. The summed E-state index contributed by atoms with van der Waals surface area (Å²) in [6.45, 7) is 4.67. The van der Waals surface area contributed by atoms with Gasteiger partial charge in [-0.25, -0.2) is 19.9 Å². The van der Waals surface area contributed by atoms with Crippen LogP contribution in [0.5, 0.6) is 0 Å². The van der Waals surface area contributed by atoms with Crippen molar-refractivity contribution in [1.82, 2.24) is 38.2 Å². The predicted molar refractivity (Wildman–Crippen MR) is 480 cm³/mol. The molecule has 1 aliphatic carbocycles. The highest BCUT2D eigenvalue weighted by molar-refractivity contribution is 6.26. The summed E-state index contributed by atoms with van der Waals surface area (Å²) in [6.07, 6.45) is 0. The monoisotopic (exact) mass is 1460 g/mol. The second-order valence-electron chi connectivity index (χ2n) is 31.2. The van der Waals surface area contributed by atoms with Gasteiger partial charge in [0.15, 0.2) is 0 Å².